The molecule has 0 aliphatic heterocycles. The van der Waals surface area contributed by atoms with Crippen LogP contribution in [0.15, 0.2) is 120 Å². The number of hydrogen-bond donors (Lipinski definition) is 1. The van der Waals surface area contributed by atoms with Gasteiger partial charge in [0.25, 0.3) is 0 Å². The molecule has 4 aliphatic rings. The number of hydrogen-bond acceptors (Lipinski definition) is 8. The number of fused-ring (bicyclic) bond motifs is 4. The van der Waals surface area contributed by atoms with Crippen LogP contribution >= 0.6 is 0 Å². The van der Waals surface area contributed by atoms with Crippen molar-refractivity contribution in [1.29, 1.82) is 0 Å². The zero-order valence-corrected chi connectivity index (χ0v) is 32.0. The van der Waals surface area contributed by atoms with Crippen molar-refractivity contribution >= 4 is 22.8 Å². The van der Waals surface area contributed by atoms with Crippen LogP contribution in [0, 0.1) is 29.4 Å². The fourth-order valence-corrected chi connectivity index (χ4v) is 9.55. The van der Waals surface area contributed by atoms with Crippen molar-refractivity contribution in [3.05, 3.63) is 149 Å². The average molecular weight is 777 g/mol. The molecule has 2 bridgehead atoms. The number of ether oxygens (including phenoxy) is 1. The van der Waals surface area contributed by atoms with E-state index >= 15 is 8.78 Å². The Kier molecular flexibility index (Phi) is 9.10. The molecule has 7 aromatic rings. The summed E-state index contributed by atoms with van der Waals surface area (Å²) in [6.07, 6.45) is 6.84. The normalized spacial score (nSPS) is 20.3. The zero-order valence-electron chi connectivity index (χ0n) is 32.0. The molecule has 0 saturated heterocycles. The summed E-state index contributed by atoms with van der Waals surface area (Å²) in [5.74, 6) is -0.503. The maximum atomic E-state index is 17.1. The molecule has 11 rings (SSSR count). The van der Waals surface area contributed by atoms with Crippen LogP contribution in [0.2, 0.25) is 0 Å². The van der Waals surface area contributed by atoms with Gasteiger partial charge in [0.05, 0.1) is 24.1 Å². The Balaban J connectivity index is 1.22. The maximum absolute atomic E-state index is 17.1. The second kappa shape index (κ2) is 14.6. The summed E-state index contributed by atoms with van der Waals surface area (Å²) in [7, 11) is 0. The first-order chi connectivity index (χ1) is 28.4. The molecule has 4 saturated carbocycles. The highest BCUT2D eigenvalue weighted by Crippen LogP contribution is 2.48. The Hall–Kier alpha value is -6.23. The topological polar surface area (TPSA) is 108 Å². The largest absolute Gasteiger partial charge is 0.466 e. The smallest absolute Gasteiger partial charge is 0.311 e. The lowest BCUT2D eigenvalue weighted by atomic mass is 9.61. The van der Waals surface area contributed by atoms with Crippen molar-refractivity contribution < 1.29 is 22.7 Å². The molecule has 292 valence electrons. The van der Waals surface area contributed by atoms with Crippen molar-refractivity contribution in [3.8, 4) is 23.0 Å². The molecule has 9 nitrogen and oxygen atoms in total. The fraction of sp³-hybridized carbons (Fsp3) is 0.298. The number of carbonyl (C=O) groups excluding carboxylic acids is 1. The summed E-state index contributed by atoms with van der Waals surface area (Å²) in [5, 5.41) is 9.07. The highest BCUT2D eigenvalue weighted by molar-refractivity contribution is 5.90. The number of rotatable bonds is 11. The van der Waals surface area contributed by atoms with Gasteiger partial charge in [-0.1, -0.05) is 91.0 Å². The Morgan fingerprint density at radius 1 is 0.810 bits per heavy atom. The summed E-state index contributed by atoms with van der Waals surface area (Å²) in [5.41, 5.74) is 2.08. The van der Waals surface area contributed by atoms with Crippen LogP contribution in [0.5, 0.6) is 0 Å². The van der Waals surface area contributed by atoms with E-state index in [2.05, 4.69) is 5.32 Å². The highest BCUT2D eigenvalue weighted by Gasteiger charge is 2.49. The van der Waals surface area contributed by atoms with Crippen molar-refractivity contribution in [3.63, 3.8) is 0 Å². The van der Waals surface area contributed by atoms with Gasteiger partial charge in [0.15, 0.2) is 28.9 Å². The summed E-state index contributed by atoms with van der Waals surface area (Å²) in [4.78, 5) is 27.9. The molecule has 4 fully saturated rings. The van der Waals surface area contributed by atoms with E-state index < -0.39 is 29.1 Å². The van der Waals surface area contributed by atoms with E-state index in [-0.39, 0.29) is 59.1 Å². The van der Waals surface area contributed by atoms with Gasteiger partial charge in [-0.2, -0.15) is 5.10 Å². The molecule has 1 N–H and O–H groups in total. The highest BCUT2D eigenvalue weighted by atomic mass is 19.1. The number of anilines is 1. The molecule has 2 atom stereocenters. The van der Waals surface area contributed by atoms with E-state index in [0.29, 0.717) is 11.0 Å². The van der Waals surface area contributed by atoms with Crippen molar-refractivity contribution in [2.24, 2.45) is 17.8 Å². The first-order valence-corrected chi connectivity index (χ1v) is 20.3. The van der Waals surface area contributed by atoms with Crippen LogP contribution < -0.4 is 5.32 Å². The number of nitrogens with one attached hydrogen (secondary N) is 1. The number of nitrogens with zero attached hydrogens (tertiary/aromatic N) is 5. The summed E-state index contributed by atoms with van der Waals surface area (Å²) >= 11 is 0. The molecule has 0 spiro atoms. The predicted molar refractivity (Wildman–Crippen MR) is 216 cm³/mol. The molecule has 58 heavy (non-hydrogen) atoms. The van der Waals surface area contributed by atoms with Crippen molar-refractivity contribution in [1.82, 2.24) is 24.7 Å². The van der Waals surface area contributed by atoms with Crippen LogP contribution in [-0.2, 0) is 15.1 Å². The Labute approximate surface area is 334 Å². The Bertz CT molecular complexity index is 2510. The van der Waals surface area contributed by atoms with Gasteiger partial charge in [0.2, 0.25) is 0 Å². The molecular weight excluding hydrogens is 735 g/mol. The number of benzene rings is 3. The fourth-order valence-electron chi connectivity index (χ4n) is 9.55. The first-order valence-electron chi connectivity index (χ1n) is 20.3. The van der Waals surface area contributed by atoms with E-state index in [1.54, 1.807) is 13.0 Å². The second-order valence-corrected chi connectivity index (χ2v) is 15.8. The molecule has 3 aromatic carbocycles. The molecule has 0 radical (unpaired) electrons. The van der Waals surface area contributed by atoms with Gasteiger partial charge in [-0.05, 0) is 92.2 Å². The molecule has 0 amide bonds. The Morgan fingerprint density at radius 3 is 2.03 bits per heavy atom. The maximum Gasteiger partial charge on any atom is 0.311 e. The third-order valence-corrected chi connectivity index (χ3v) is 12.4. The van der Waals surface area contributed by atoms with E-state index in [1.807, 2.05) is 102 Å². The molecule has 11 heteroatoms. The number of furan rings is 1. The van der Waals surface area contributed by atoms with E-state index in [9.17, 15) is 4.79 Å². The van der Waals surface area contributed by atoms with Gasteiger partial charge in [-0.3, -0.25) is 4.79 Å². The van der Waals surface area contributed by atoms with E-state index in [4.69, 9.17) is 29.2 Å². The van der Waals surface area contributed by atoms with Crippen LogP contribution in [0.3, 0.4) is 0 Å². The van der Waals surface area contributed by atoms with E-state index in [1.165, 1.54) is 12.3 Å². The number of halogens is 2. The van der Waals surface area contributed by atoms with Gasteiger partial charge in [-0.15, -0.1) is 0 Å². The van der Waals surface area contributed by atoms with Crippen molar-refractivity contribution in [2.45, 2.75) is 62.9 Å². The van der Waals surface area contributed by atoms with E-state index in [0.717, 1.165) is 61.0 Å². The van der Waals surface area contributed by atoms with Crippen LogP contribution in [0.4, 0.5) is 14.6 Å². The molecule has 4 aromatic heterocycles. The first kappa shape index (κ1) is 36.1. The van der Waals surface area contributed by atoms with Gasteiger partial charge in [0.1, 0.15) is 28.5 Å². The van der Waals surface area contributed by atoms with Crippen LogP contribution in [0.1, 0.15) is 73.8 Å². The summed E-state index contributed by atoms with van der Waals surface area (Å²) in [6.45, 7) is 2.06. The van der Waals surface area contributed by atoms with Gasteiger partial charge in [-0.25, -0.2) is 28.4 Å². The molecule has 4 heterocycles. The number of carbonyl (C=O) groups is 1. The third kappa shape index (κ3) is 6.06. The lowest BCUT2D eigenvalue weighted by Gasteiger charge is -2.47. The van der Waals surface area contributed by atoms with Crippen LogP contribution in [-0.4, -0.2) is 43.4 Å². The average Bonchev–Trinajstić information content (AvgIpc) is 3.88. The SMILES string of the molecule is CCOC(=O)[C@H]1C2CCC(CC2)[C@@H]1Nc1nc(-c2nn(C(c3ccccc3)(c3ccccc3)c3ccccc3)c3ncc(F)cc23)nc(-c2ccc(C3CC3)o2)c1F. The van der Waals surface area contributed by atoms with Gasteiger partial charge < -0.3 is 14.5 Å². The minimum absolute atomic E-state index is 0.0520. The minimum atomic E-state index is -1.11. The lowest BCUT2D eigenvalue weighted by Crippen LogP contribution is -2.52. The molecule has 0 unspecified atom stereocenters. The number of esters is 1. The number of aromatic nitrogens is 5. The second-order valence-electron chi connectivity index (χ2n) is 15.8. The summed E-state index contributed by atoms with van der Waals surface area (Å²) in [6, 6.07) is 34.5. The molecular formula is C47H42F2N6O3. The lowest BCUT2D eigenvalue weighted by molar-refractivity contribution is -0.154. The van der Waals surface area contributed by atoms with Gasteiger partial charge >= 0.3 is 5.97 Å². The predicted octanol–water partition coefficient (Wildman–Crippen LogP) is 9.92. The van der Waals surface area contributed by atoms with Crippen molar-refractivity contribution in [2.75, 3.05) is 11.9 Å². The summed E-state index contributed by atoms with van der Waals surface area (Å²) < 4.78 is 46.3. The standard InChI is InChI=1S/C47H42F2N6O3/c1-2-57-46(56)38-29-20-22-30(23-21-29)40(38)51-43-39(49)42(37-25-24-36(58-37)28-18-19-28)52-44(53-43)41-35-26-34(48)27-50-45(35)55(54-41)47(31-12-6-3-7-13-31,32-14-8-4-9-15-32)33-16-10-5-11-17-33/h3-17,24-30,38,40H,2,18-23H2,1H3,(H,51,52,53)/t29?,30?,38-,40-/m0/s1. The quantitative estimate of drug-likeness (QED) is 0.102. The monoisotopic (exact) mass is 776 g/mol. The molecule has 4 aliphatic carbocycles. The Morgan fingerprint density at radius 2 is 1.43 bits per heavy atom. The van der Waals surface area contributed by atoms with Crippen LogP contribution in [0.25, 0.3) is 34.0 Å². The number of pyridine rings is 1. The van der Waals surface area contributed by atoms with Gasteiger partial charge in [0, 0.05) is 12.0 Å². The zero-order chi connectivity index (χ0) is 39.4. The minimum Gasteiger partial charge on any atom is -0.466 e. The third-order valence-electron chi connectivity index (χ3n) is 12.4.